The first-order valence-electron chi connectivity index (χ1n) is 8.52. The van der Waals surface area contributed by atoms with Crippen LogP contribution >= 0.6 is 22.9 Å². The SMILES string of the molecule is CS(=O)(=O)c1ccc(C(=CC2CCS(=O)CC2)C(=O)Nc2ncc(Cl)s2)cc1. The fraction of sp³-hybridized carbons (Fsp3) is 0.333. The van der Waals surface area contributed by atoms with Crippen molar-refractivity contribution in [1.29, 1.82) is 0 Å². The molecule has 0 atom stereocenters. The number of anilines is 1. The van der Waals surface area contributed by atoms with Gasteiger partial charge in [-0.15, -0.1) is 0 Å². The molecule has 1 amide bonds. The number of allylic oxidation sites excluding steroid dienone is 1. The molecule has 1 N–H and O–H groups in total. The van der Waals surface area contributed by atoms with Crippen LogP contribution in [0.2, 0.25) is 4.34 Å². The lowest BCUT2D eigenvalue weighted by Gasteiger charge is -2.19. The summed E-state index contributed by atoms with van der Waals surface area (Å²) in [5.41, 5.74) is 1.04. The molecule has 0 saturated carbocycles. The molecule has 1 aliphatic heterocycles. The Hall–Kier alpha value is -1.55. The predicted octanol–water partition coefficient (Wildman–Crippen LogP) is 3.38. The number of thiazole rings is 1. The number of benzene rings is 1. The normalized spacial score (nSPS) is 20.7. The smallest absolute Gasteiger partial charge is 0.257 e. The van der Waals surface area contributed by atoms with E-state index in [9.17, 15) is 17.4 Å². The summed E-state index contributed by atoms with van der Waals surface area (Å²) < 4.78 is 35.5. The van der Waals surface area contributed by atoms with Crippen LogP contribution in [-0.4, -0.2) is 41.3 Å². The summed E-state index contributed by atoms with van der Waals surface area (Å²) in [7, 11) is -4.11. The molecule has 0 aliphatic carbocycles. The Labute approximate surface area is 175 Å². The van der Waals surface area contributed by atoms with Gasteiger partial charge in [-0.05, 0) is 36.5 Å². The highest BCUT2D eigenvalue weighted by molar-refractivity contribution is 7.90. The molecule has 1 aromatic heterocycles. The fourth-order valence-electron chi connectivity index (χ4n) is 2.88. The molecule has 3 rings (SSSR count). The van der Waals surface area contributed by atoms with Crippen molar-refractivity contribution in [3.05, 3.63) is 46.4 Å². The highest BCUT2D eigenvalue weighted by Crippen LogP contribution is 2.28. The van der Waals surface area contributed by atoms with Gasteiger partial charge in [-0.25, -0.2) is 13.4 Å². The molecular weight excluding hydrogens is 440 g/mol. The maximum Gasteiger partial charge on any atom is 0.257 e. The number of carbonyl (C=O) groups is 1. The lowest BCUT2D eigenvalue weighted by atomic mass is 9.95. The number of carbonyl (C=O) groups excluding carboxylic acids is 1. The van der Waals surface area contributed by atoms with Crippen LogP contribution in [0.3, 0.4) is 0 Å². The second kappa shape index (κ2) is 8.86. The van der Waals surface area contributed by atoms with Crippen molar-refractivity contribution in [2.24, 2.45) is 5.92 Å². The third kappa shape index (κ3) is 5.50. The van der Waals surface area contributed by atoms with Crippen LogP contribution in [0.1, 0.15) is 18.4 Å². The number of sulfone groups is 1. The van der Waals surface area contributed by atoms with Gasteiger partial charge in [0.15, 0.2) is 15.0 Å². The fourth-order valence-corrected chi connectivity index (χ4v) is 5.65. The second-order valence-electron chi connectivity index (χ2n) is 6.49. The van der Waals surface area contributed by atoms with Crippen LogP contribution in [0, 0.1) is 5.92 Å². The average Bonchev–Trinajstić information content (AvgIpc) is 3.05. The van der Waals surface area contributed by atoms with Crippen molar-refractivity contribution in [1.82, 2.24) is 4.98 Å². The molecule has 1 fully saturated rings. The summed E-state index contributed by atoms with van der Waals surface area (Å²) in [6, 6.07) is 6.22. The van der Waals surface area contributed by atoms with Gasteiger partial charge >= 0.3 is 0 Å². The Bertz CT molecular complexity index is 1020. The van der Waals surface area contributed by atoms with Crippen LogP contribution in [-0.2, 0) is 25.4 Å². The number of hydrogen-bond donors (Lipinski definition) is 1. The number of aromatic nitrogens is 1. The van der Waals surface area contributed by atoms with E-state index in [4.69, 9.17) is 11.6 Å². The second-order valence-corrected chi connectivity index (χ2v) is 11.9. The van der Waals surface area contributed by atoms with Gasteiger partial charge in [-0.3, -0.25) is 14.3 Å². The number of nitrogens with one attached hydrogen (secondary N) is 1. The zero-order valence-electron chi connectivity index (χ0n) is 15.1. The number of amides is 1. The lowest BCUT2D eigenvalue weighted by molar-refractivity contribution is -0.111. The largest absolute Gasteiger partial charge is 0.298 e. The van der Waals surface area contributed by atoms with Crippen molar-refractivity contribution in [2.45, 2.75) is 17.7 Å². The molecule has 0 radical (unpaired) electrons. The van der Waals surface area contributed by atoms with Gasteiger partial charge in [0, 0.05) is 34.1 Å². The van der Waals surface area contributed by atoms with Crippen molar-refractivity contribution in [3.8, 4) is 0 Å². The summed E-state index contributed by atoms with van der Waals surface area (Å²) in [5.74, 6) is 1.02. The third-order valence-corrected chi connectivity index (χ3v) is 7.91. The molecule has 150 valence electrons. The summed E-state index contributed by atoms with van der Waals surface area (Å²) in [5, 5.41) is 3.13. The van der Waals surface area contributed by atoms with Crippen LogP contribution in [0.5, 0.6) is 0 Å². The molecule has 2 heterocycles. The number of halogens is 1. The van der Waals surface area contributed by atoms with E-state index in [0.29, 0.717) is 32.1 Å². The summed E-state index contributed by atoms with van der Waals surface area (Å²) >= 11 is 7.03. The molecule has 6 nitrogen and oxygen atoms in total. The summed E-state index contributed by atoms with van der Waals surface area (Å²) in [4.78, 5) is 17.1. The molecule has 2 aromatic rings. The standard InChI is InChI=1S/C18H19ClN2O4S3/c1-28(24,25)14-4-2-13(3-5-14)15(10-12-6-8-27(23)9-7-12)17(22)21-18-20-11-16(19)26-18/h2-5,10-12H,6-9H2,1H3,(H,20,21,22). The van der Waals surface area contributed by atoms with Crippen LogP contribution in [0.4, 0.5) is 5.13 Å². The van der Waals surface area contributed by atoms with Crippen molar-refractivity contribution >= 4 is 60.2 Å². The van der Waals surface area contributed by atoms with Gasteiger partial charge in [-0.1, -0.05) is 41.1 Å². The molecule has 0 unspecified atom stereocenters. The molecule has 0 bridgehead atoms. The zero-order chi connectivity index (χ0) is 20.3. The van der Waals surface area contributed by atoms with E-state index in [1.165, 1.54) is 18.3 Å². The Morgan fingerprint density at radius 2 is 1.93 bits per heavy atom. The Morgan fingerprint density at radius 3 is 2.46 bits per heavy atom. The van der Waals surface area contributed by atoms with E-state index in [1.54, 1.807) is 12.1 Å². The van der Waals surface area contributed by atoms with Crippen LogP contribution in [0.25, 0.3) is 5.57 Å². The predicted molar refractivity (Wildman–Crippen MR) is 114 cm³/mol. The van der Waals surface area contributed by atoms with Gasteiger partial charge in [0.05, 0.1) is 11.1 Å². The minimum Gasteiger partial charge on any atom is -0.298 e. The highest BCUT2D eigenvalue weighted by atomic mass is 35.5. The number of hydrogen-bond acceptors (Lipinski definition) is 6. The molecular formula is C18H19ClN2O4S3. The Balaban J connectivity index is 1.91. The number of rotatable bonds is 5. The number of nitrogens with zero attached hydrogens (tertiary/aromatic N) is 1. The van der Waals surface area contributed by atoms with Gasteiger partial charge < -0.3 is 0 Å². The molecule has 0 spiro atoms. The van der Waals surface area contributed by atoms with E-state index in [-0.39, 0.29) is 16.7 Å². The maximum absolute atomic E-state index is 12.9. The van der Waals surface area contributed by atoms with E-state index in [1.807, 2.05) is 6.08 Å². The lowest BCUT2D eigenvalue weighted by Crippen LogP contribution is -2.19. The molecule has 1 aliphatic rings. The summed E-state index contributed by atoms with van der Waals surface area (Å²) in [6.07, 6.45) is 5.97. The van der Waals surface area contributed by atoms with E-state index in [0.717, 1.165) is 30.4 Å². The molecule has 1 saturated heterocycles. The minimum absolute atomic E-state index is 0.132. The first kappa shape index (κ1) is 21.2. The van der Waals surface area contributed by atoms with E-state index >= 15 is 0 Å². The van der Waals surface area contributed by atoms with Crippen LogP contribution < -0.4 is 5.32 Å². The van der Waals surface area contributed by atoms with E-state index < -0.39 is 20.6 Å². The Kier molecular flexibility index (Phi) is 6.69. The first-order chi connectivity index (χ1) is 13.2. The van der Waals surface area contributed by atoms with Crippen LogP contribution in [0.15, 0.2) is 41.4 Å². The zero-order valence-corrected chi connectivity index (χ0v) is 18.3. The quantitative estimate of drug-likeness (QED) is 0.693. The topological polar surface area (TPSA) is 93.2 Å². The summed E-state index contributed by atoms with van der Waals surface area (Å²) in [6.45, 7) is 0. The van der Waals surface area contributed by atoms with Gasteiger partial charge in [0.1, 0.15) is 4.34 Å². The molecule has 28 heavy (non-hydrogen) atoms. The molecule has 1 aromatic carbocycles. The van der Waals surface area contributed by atoms with Crippen molar-refractivity contribution in [2.75, 3.05) is 23.1 Å². The third-order valence-electron chi connectivity index (χ3n) is 4.37. The molecule has 10 heteroatoms. The van der Waals surface area contributed by atoms with Gasteiger partial charge in [0.2, 0.25) is 0 Å². The highest BCUT2D eigenvalue weighted by Gasteiger charge is 2.21. The van der Waals surface area contributed by atoms with E-state index in [2.05, 4.69) is 10.3 Å². The maximum atomic E-state index is 12.9. The first-order valence-corrected chi connectivity index (χ1v) is 13.1. The van der Waals surface area contributed by atoms with Crippen molar-refractivity contribution < 1.29 is 17.4 Å². The van der Waals surface area contributed by atoms with Crippen molar-refractivity contribution in [3.63, 3.8) is 0 Å². The van der Waals surface area contributed by atoms with Gasteiger partial charge in [0.25, 0.3) is 5.91 Å². The average molecular weight is 459 g/mol. The van der Waals surface area contributed by atoms with Gasteiger partial charge in [-0.2, -0.15) is 0 Å². The minimum atomic E-state index is -3.32. The monoisotopic (exact) mass is 458 g/mol. The Morgan fingerprint density at radius 1 is 1.29 bits per heavy atom.